The topological polar surface area (TPSA) is 17.8 Å². The molecule has 1 atom stereocenters. The number of rotatable bonds is 2. The van der Waals surface area contributed by atoms with Crippen LogP contribution in [-0.2, 0) is 13.0 Å². The van der Waals surface area contributed by atoms with E-state index < -0.39 is 0 Å². The molecule has 17 heavy (non-hydrogen) atoms. The summed E-state index contributed by atoms with van der Waals surface area (Å²) in [4.78, 5) is 1.41. The molecule has 0 bridgehead atoms. The van der Waals surface area contributed by atoms with Gasteiger partial charge in [-0.05, 0) is 25.0 Å². The number of aromatic nitrogens is 2. The minimum absolute atomic E-state index is 0.572. The number of thioether (sulfide) groups is 1. The Hall–Kier alpha value is -0.930. The van der Waals surface area contributed by atoms with Crippen LogP contribution >= 0.6 is 23.4 Å². The standard InChI is InChI=1S/C13H13ClN2S/c1-9-12(14)8-16(15-9)7-11-6-10-4-2-3-5-13(10)17-11/h2-5,8,11H,6-7H2,1H3. The van der Waals surface area contributed by atoms with E-state index in [9.17, 15) is 0 Å². The highest BCUT2D eigenvalue weighted by Gasteiger charge is 2.22. The number of halogens is 1. The van der Waals surface area contributed by atoms with E-state index >= 15 is 0 Å². The van der Waals surface area contributed by atoms with E-state index in [-0.39, 0.29) is 0 Å². The van der Waals surface area contributed by atoms with Gasteiger partial charge in [0.2, 0.25) is 0 Å². The van der Waals surface area contributed by atoms with E-state index in [0.717, 1.165) is 23.7 Å². The molecule has 0 saturated carbocycles. The number of fused-ring (bicyclic) bond motifs is 1. The summed E-state index contributed by atoms with van der Waals surface area (Å²) in [5.41, 5.74) is 2.37. The van der Waals surface area contributed by atoms with Gasteiger partial charge in [0.05, 0.1) is 17.3 Å². The van der Waals surface area contributed by atoms with E-state index in [1.807, 2.05) is 29.6 Å². The lowest BCUT2D eigenvalue weighted by Crippen LogP contribution is -2.12. The predicted molar refractivity (Wildman–Crippen MR) is 71.8 cm³/mol. The summed E-state index contributed by atoms with van der Waals surface area (Å²) >= 11 is 7.96. The predicted octanol–water partition coefficient (Wildman–Crippen LogP) is 3.56. The molecule has 1 aromatic heterocycles. The summed E-state index contributed by atoms with van der Waals surface area (Å²) in [6.45, 7) is 2.86. The van der Waals surface area contributed by atoms with E-state index in [0.29, 0.717) is 5.25 Å². The Morgan fingerprint density at radius 3 is 3.00 bits per heavy atom. The van der Waals surface area contributed by atoms with Crippen LogP contribution in [0.15, 0.2) is 35.4 Å². The number of benzene rings is 1. The van der Waals surface area contributed by atoms with Crippen molar-refractivity contribution in [2.75, 3.05) is 0 Å². The molecular formula is C13H13ClN2S. The van der Waals surface area contributed by atoms with Gasteiger partial charge < -0.3 is 0 Å². The van der Waals surface area contributed by atoms with Crippen molar-refractivity contribution in [1.82, 2.24) is 9.78 Å². The maximum Gasteiger partial charge on any atom is 0.0814 e. The third kappa shape index (κ3) is 2.22. The second-order valence-electron chi connectivity index (χ2n) is 4.34. The molecular weight excluding hydrogens is 252 g/mol. The van der Waals surface area contributed by atoms with Crippen LogP contribution in [0, 0.1) is 6.92 Å². The van der Waals surface area contributed by atoms with Gasteiger partial charge in [0.25, 0.3) is 0 Å². The second kappa shape index (κ2) is 4.39. The summed E-state index contributed by atoms with van der Waals surface area (Å²) in [6.07, 6.45) is 3.04. The molecule has 1 unspecified atom stereocenters. The van der Waals surface area contributed by atoms with Crippen molar-refractivity contribution in [3.05, 3.63) is 46.7 Å². The Balaban J connectivity index is 1.73. The van der Waals surface area contributed by atoms with Crippen LogP contribution in [-0.4, -0.2) is 15.0 Å². The smallest absolute Gasteiger partial charge is 0.0814 e. The number of nitrogens with zero attached hydrogens (tertiary/aromatic N) is 2. The molecule has 0 spiro atoms. The monoisotopic (exact) mass is 264 g/mol. The van der Waals surface area contributed by atoms with Crippen LogP contribution in [0.1, 0.15) is 11.3 Å². The summed E-state index contributed by atoms with van der Waals surface area (Å²) < 4.78 is 1.96. The molecule has 1 aliphatic heterocycles. The van der Waals surface area contributed by atoms with Gasteiger partial charge in [-0.1, -0.05) is 29.8 Å². The van der Waals surface area contributed by atoms with E-state index in [1.165, 1.54) is 10.5 Å². The largest absolute Gasteiger partial charge is 0.270 e. The molecule has 88 valence electrons. The first-order valence-corrected chi connectivity index (χ1v) is 6.92. The SMILES string of the molecule is Cc1nn(CC2Cc3ccccc3S2)cc1Cl. The zero-order valence-corrected chi connectivity index (χ0v) is 11.1. The van der Waals surface area contributed by atoms with Gasteiger partial charge in [-0.2, -0.15) is 5.10 Å². The summed E-state index contributed by atoms with van der Waals surface area (Å²) in [5.74, 6) is 0. The average molecular weight is 265 g/mol. The lowest BCUT2D eigenvalue weighted by molar-refractivity contribution is 0.591. The molecule has 2 heterocycles. The first kappa shape index (κ1) is 11.2. The number of hydrogen-bond acceptors (Lipinski definition) is 2. The van der Waals surface area contributed by atoms with E-state index in [1.54, 1.807) is 0 Å². The van der Waals surface area contributed by atoms with Crippen molar-refractivity contribution in [1.29, 1.82) is 0 Å². The fraction of sp³-hybridized carbons (Fsp3) is 0.308. The number of aryl methyl sites for hydroxylation is 1. The fourth-order valence-corrected chi connectivity index (χ4v) is 3.61. The highest BCUT2D eigenvalue weighted by molar-refractivity contribution is 8.00. The van der Waals surface area contributed by atoms with Gasteiger partial charge in [-0.15, -0.1) is 11.8 Å². The summed E-state index contributed by atoms with van der Waals surface area (Å²) in [6, 6.07) is 8.62. The second-order valence-corrected chi connectivity index (χ2v) is 6.09. The summed E-state index contributed by atoms with van der Waals surface area (Å²) in [7, 11) is 0. The Bertz CT molecular complexity index is 506. The Kier molecular flexibility index (Phi) is 2.89. The quantitative estimate of drug-likeness (QED) is 0.825. The molecule has 1 aliphatic rings. The van der Waals surface area contributed by atoms with Gasteiger partial charge in [-0.3, -0.25) is 4.68 Å². The molecule has 0 radical (unpaired) electrons. The Labute approximate surface area is 110 Å². The molecule has 0 saturated heterocycles. The van der Waals surface area contributed by atoms with Crippen molar-refractivity contribution in [2.45, 2.75) is 30.0 Å². The molecule has 0 fully saturated rings. The van der Waals surface area contributed by atoms with E-state index in [4.69, 9.17) is 11.6 Å². The van der Waals surface area contributed by atoms with Gasteiger partial charge in [0, 0.05) is 16.3 Å². The zero-order valence-electron chi connectivity index (χ0n) is 9.56. The molecule has 2 aromatic rings. The van der Waals surface area contributed by atoms with Crippen molar-refractivity contribution < 1.29 is 0 Å². The maximum absolute atomic E-state index is 6.01. The van der Waals surface area contributed by atoms with Crippen LogP contribution in [0.2, 0.25) is 5.02 Å². The third-order valence-corrected chi connectivity index (χ3v) is 4.66. The van der Waals surface area contributed by atoms with Crippen LogP contribution in [0.4, 0.5) is 0 Å². The van der Waals surface area contributed by atoms with Crippen LogP contribution in [0.25, 0.3) is 0 Å². The number of hydrogen-bond donors (Lipinski definition) is 0. The van der Waals surface area contributed by atoms with Gasteiger partial charge in [0.1, 0.15) is 0 Å². The Morgan fingerprint density at radius 1 is 1.47 bits per heavy atom. The fourth-order valence-electron chi connectivity index (χ4n) is 2.15. The summed E-state index contributed by atoms with van der Waals surface area (Å²) in [5, 5.41) is 5.74. The lowest BCUT2D eigenvalue weighted by atomic mass is 10.1. The molecule has 0 amide bonds. The van der Waals surface area contributed by atoms with Gasteiger partial charge in [0.15, 0.2) is 0 Å². The van der Waals surface area contributed by atoms with Crippen molar-refractivity contribution in [2.24, 2.45) is 0 Å². The van der Waals surface area contributed by atoms with E-state index in [2.05, 4.69) is 29.4 Å². The highest BCUT2D eigenvalue weighted by atomic mass is 35.5. The van der Waals surface area contributed by atoms with Gasteiger partial charge >= 0.3 is 0 Å². The van der Waals surface area contributed by atoms with Gasteiger partial charge in [-0.25, -0.2) is 0 Å². The third-order valence-electron chi connectivity index (χ3n) is 2.99. The van der Waals surface area contributed by atoms with Crippen molar-refractivity contribution >= 4 is 23.4 Å². The first-order valence-electron chi connectivity index (χ1n) is 5.66. The van der Waals surface area contributed by atoms with Crippen LogP contribution in [0.5, 0.6) is 0 Å². The molecule has 3 rings (SSSR count). The molecule has 0 N–H and O–H groups in total. The maximum atomic E-state index is 6.01. The first-order chi connectivity index (χ1) is 8.22. The minimum Gasteiger partial charge on any atom is -0.270 e. The van der Waals surface area contributed by atoms with Crippen molar-refractivity contribution in [3.8, 4) is 0 Å². The van der Waals surface area contributed by atoms with Crippen LogP contribution < -0.4 is 0 Å². The lowest BCUT2D eigenvalue weighted by Gasteiger charge is -2.07. The molecule has 0 aliphatic carbocycles. The zero-order chi connectivity index (χ0) is 11.8. The molecule has 4 heteroatoms. The highest BCUT2D eigenvalue weighted by Crippen LogP contribution is 2.37. The van der Waals surface area contributed by atoms with Crippen LogP contribution in [0.3, 0.4) is 0 Å². The Morgan fingerprint density at radius 2 is 2.29 bits per heavy atom. The molecule has 1 aromatic carbocycles. The average Bonchev–Trinajstić information content (AvgIpc) is 2.83. The minimum atomic E-state index is 0.572. The van der Waals surface area contributed by atoms with Crippen molar-refractivity contribution in [3.63, 3.8) is 0 Å². The molecule has 2 nitrogen and oxygen atoms in total. The normalized spacial score (nSPS) is 18.4.